The highest BCUT2D eigenvalue weighted by Gasteiger charge is 2.25. The van der Waals surface area contributed by atoms with Crippen LogP contribution in [0.5, 0.6) is 23.0 Å². The summed E-state index contributed by atoms with van der Waals surface area (Å²) in [5.41, 5.74) is 2.65. The Labute approximate surface area is 183 Å². The normalized spacial score (nSPS) is 10.6. The second kappa shape index (κ2) is 8.83. The molecular weight excluding hydrogens is 452 g/mol. The highest BCUT2D eigenvalue weighted by molar-refractivity contribution is 9.10. The Morgan fingerprint density at radius 3 is 2.03 bits per heavy atom. The summed E-state index contributed by atoms with van der Waals surface area (Å²) in [6.07, 6.45) is 0. The van der Waals surface area contributed by atoms with E-state index in [0.717, 1.165) is 26.4 Å². The summed E-state index contributed by atoms with van der Waals surface area (Å²) in [6, 6.07) is 9.04. The van der Waals surface area contributed by atoms with Crippen LogP contribution in [0, 0.1) is 6.92 Å². The van der Waals surface area contributed by atoms with Crippen LogP contribution in [-0.2, 0) is 4.74 Å². The van der Waals surface area contributed by atoms with Gasteiger partial charge >= 0.3 is 5.97 Å². The van der Waals surface area contributed by atoms with Crippen LogP contribution >= 0.6 is 15.9 Å². The van der Waals surface area contributed by atoms with Gasteiger partial charge in [0.15, 0.2) is 0 Å². The summed E-state index contributed by atoms with van der Waals surface area (Å²) in [5.74, 6) is 1.78. The topological polar surface area (TPSA) is 63.2 Å². The Morgan fingerprint density at radius 2 is 1.47 bits per heavy atom. The average Bonchev–Trinajstić information content (AvgIpc) is 2.78. The zero-order valence-electron chi connectivity index (χ0n) is 17.7. The molecule has 0 aliphatic rings. The molecule has 0 unspecified atom stereocenters. The fraction of sp³-hybridized carbons (Fsp3) is 0.261. The molecule has 0 aliphatic carbocycles. The summed E-state index contributed by atoms with van der Waals surface area (Å²) >= 11 is 3.72. The Morgan fingerprint density at radius 1 is 0.800 bits per heavy atom. The van der Waals surface area contributed by atoms with Crippen molar-refractivity contribution in [2.45, 2.75) is 6.92 Å². The summed E-state index contributed by atoms with van der Waals surface area (Å²) in [4.78, 5) is 12.7. The van der Waals surface area contributed by atoms with Crippen molar-refractivity contribution in [2.75, 3.05) is 35.5 Å². The summed E-state index contributed by atoms with van der Waals surface area (Å²) < 4.78 is 28.1. The van der Waals surface area contributed by atoms with Gasteiger partial charge in [0.05, 0.1) is 46.5 Å². The van der Waals surface area contributed by atoms with Crippen molar-refractivity contribution < 1.29 is 28.5 Å². The molecule has 0 bridgehead atoms. The van der Waals surface area contributed by atoms with Gasteiger partial charge in [-0.1, -0.05) is 0 Å². The number of aryl methyl sites for hydroxylation is 1. The van der Waals surface area contributed by atoms with E-state index < -0.39 is 5.97 Å². The smallest absolute Gasteiger partial charge is 0.338 e. The van der Waals surface area contributed by atoms with Crippen molar-refractivity contribution in [3.05, 3.63) is 45.9 Å². The monoisotopic (exact) mass is 474 g/mol. The van der Waals surface area contributed by atoms with E-state index in [0.29, 0.717) is 34.1 Å². The number of carbonyl (C=O) groups is 1. The number of fused-ring (bicyclic) bond motifs is 1. The molecule has 0 N–H and O–H groups in total. The Hall–Kier alpha value is -2.93. The van der Waals surface area contributed by atoms with Crippen molar-refractivity contribution in [1.82, 2.24) is 0 Å². The van der Waals surface area contributed by atoms with Crippen LogP contribution < -0.4 is 18.9 Å². The SMILES string of the molecule is COC(=O)c1cc(OC)cc(OC)c1-c1ccc(OC)c2c(OC)cc(C)c(Br)c12. The van der Waals surface area contributed by atoms with Gasteiger partial charge in [0, 0.05) is 21.5 Å². The third kappa shape index (κ3) is 3.54. The van der Waals surface area contributed by atoms with Crippen molar-refractivity contribution in [3.63, 3.8) is 0 Å². The van der Waals surface area contributed by atoms with E-state index in [4.69, 9.17) is 23.7 Å². The maximum atomic E-state index is 12.7. The number of benzene rings is 3. The third-order valence-electron chi connectivity index (χ3n) is 4.97. The number of halogens is 1. The molecule has 0 spiro atoms. The van der Waals surface area contributed by atoms with E-state index in [9.17, 15) is 4.79 Å². The van der Waals surface area contributed by atoms with E-state index >= 15 is 0 Å². The lowest BCUT2D eigenvalue weighted by molar-refractivity contribution is 0.0601. The molecule has 6 nitrogen and oxygen atoms in total. The quantitative estimate of drug-likeness (QED) is 0.445. The molecule has 0 radical (unpaired) electrons. The van der Waals surface area contributed by atoms with Gasteiger partial charge in [-0.15, -0.1) is 0 Å². The zero-order chi connectivity index (χ0) is 22.0. The van der Waals surface area contributed by atoms with Gasteiger partial charge in [0.25, 0.3) is 0 Å². The molecule has 3 aromatic carbocycles. The molecule has 0 heterocycles. The lowest BCUT2D eigenvalue weighted by atomic mass is 9.91. The maximum Gasteiger partial charge on any atom is 0.338 e. The standard InChI is InChI=1S/C23H23BrO6/c1-12-9-17(28-4)21-16(27-3)8-7-14(20(21)22(12)24)19-15(23(25)30-6)10-13(26-2)11-18(19)29-5/h7-11H,1-6H3. The van der Waals surface area contributed by atoms with Crippen LogP contribution in [-0.4, -0.2) is 41.5 Å². The first kappa shape index (κ1) is 21.8. The molecule has 158 valence electrons. The van der Waals surface area contributed by atoms with Gasteiger partial charge < -0.3 is 23.7 Å². The van der Waals surface area contributed by atoms with Crippen molar-refractivity contribution in [2.24, 2.45) is 0 Å². The van der Waals surface area contributed by atoms with Crippen molar-refractivity contribution in [1.29, 1.82) is 0 Å². The molecular formula is C23H23BrO6. The molecule has 0 atom stereocenters. The van der Waals surface area contributed by atoms with Crippen LogP contribution in [0.2, 0.25) is 0 Å². The molecule has 0 saturated heterocycles. The van der Waals surface area contributed by atoms with Gasteiger partial charge in [-0.2, -0.15) is 0 Å². The van der Waals surface area contributed by atoms with E-state index in [-0.39, 0.29) is 0 Å². The maximum absolute atomic E-state index is 12.7. The Bertz CT molecular complexity index is 1120. The first-order valence-electron chi connectivity index (χ1n) is 9.10. The van der Waals surface area contributed by atoms with E-state index in [2.05, 4.69) is 15.9 Å². The van der Waals surface area contributed by atoms with Gasteiger partial charge in [-0.3, -0.25) is 0 Å². The number of rotatable bonds is 6. The number of hydrogen-bond donors (Lipinski definition) is 0. The van der Waals surface area contributed by atoms with Crippen LogP contribution in [0.25, 0.3) is 21.9 Å². The molecule has 0 saturated carbocycles. The summed E-state index contributed by atoms with van der Waals surface area (Å²) in [6.45, 7) is 1.97. The van der Waals surface area contributed by atoms with E-state index in [1.807, 2.05) is 25.1 Å². The molecule has 0 fully saturated rings. The van der Waals surface area contributed by atoms with Crippen LogP contribution in [0.15, 0.2) is 34.8 Å². The second-order valence-electron chi connectivity index (χ2n) is 6.52. The predicted molar refractivity (Wildman–Crippen MR) is 119 cm³/mol. The number of hydrogen-bond acceptors (Lipinski definition) is 6. The predicted octanol–water partition coefficient (Wildman–Crippen LogP) is 5.40. The van der Waals surface area contributed by atoms with Crippen LogP contribution in [0.3, 0.4) is 0 Å². The number of ether oxygens (including phenoxy) is 5. The Balaban J connectivity index is 2.55. The van der Waals surface area contributed by atoms with Gasteiger partial charge in [-0.05, 0) is 58.2 Å². The lowest BCUT2D eigenvalue weighted by Gasteiger charge is -2.20. The Kier molecular flexibility index (Phi) is 6.41. The molecule has 0 aliphatic heterocycles. The molecule has 0 amide bonds. The number of carbonyl (C=O) groups excluding carboxylic acids is 1. The second-order valence-corrected chi connectivity index (χ2v) is 7.31. The number of methoxy groups -OCH3 is 5. The van der Waals surface area contributed by atoms with E-state index in [1.54, 1.807) is 33.5 Å². The molecule has 3 aromatic rings. The third-order valence-corrected chi connectivity index (χ3v) is 5.99. The fourth-order valence-electron chi connectivity index (χ4n) is 3.54. The average molecular weight is 475 g/mol. The molecule has 7 heteroatoms. The minimum Gasteiger partial charge on any atom is -0.497 e. The first-order chi connectivity index (χ1) is 14.4. The summed E-state index contributed by atoms with van der Waals surface area (Å²) in [5, 5.41) is 1.61. The molecule has 0 aromatic heterocycles. The highest BCUT2D eigenvalue weighted by Crippen LogP contribution is 2.48. The van der Waals surface area contributed by atoms with E-state index in [1.165, 1.54) is 14.2 Å². The van der Waals surface area contributed by atoms with Crippen molar-refractivity contribution >= 4 is 32.7 Å². The molecule has 30 heavy (non-hydrogen) atoms. The minimum absolute atomic E-state index is 0.326. The van der Waals surface area contributed by atoms with Gasteiger partial charge in [-0.25, -0.2) is 4.79 Å². The van der Waals surface area contributed by atoms with Gasteiger partial charge in [0.2, 0.25) is 0 Å². The summed E-state index contributed by atoms with van der Waals surface area (Å²) in [7, 11) is 7.64. The first-order valence-corrected chi connectivity index (χ1v) is 9.89. The minimum atomic E-state index is -0.498. The molecule has 3 rings (SSSR count). The fourth-order valence-corrected chi connectivity index (χ4v) is 4.07. The van der Waals surface area contributed by atoms with Crippen LogP contribution in [0.4, 0.5) is 0 Å². The lowest BCUT2D eigenvalue weighted by Crippen LogP contribution is -2.06. The largest absolute Gasteiger partial charge is 0.497 e. The van der Waals surface area contributed by atoms with Crippen LogP contribution in [0.1, 0.15) is 15.9 Å². The van der Waals surface area contributed by atoms with Gasteiger partial charge in [0.1, 0.15) is 23.0 Å². The zero-order valence-corrected chi connectivity index (χ0v) is 19.3. The number of esters is 1. The van der Waals surface area contributed by atoms with Crippen molar-refractivity contribution in [3.8, 4) is 34.1 Å². The highest BCUT2D eigenvalue weighted by atomic mass is 79.9.